The predicted molar refractivity (Wildman–Crippen MR) is 75.9 cm³/mol. The van der Waals surface area contributed by atoms with E-state index in [9.17, 15) is 9.59 Å². The minimum Gasteiger partial charge on any atom is -0.382 e. The van der Waals surface area contributed by atoms with Crippen LogP contribution in [0, 0.1) is 0 Å². The number of imidazole rings is 2. The van der Waals surface area contributed by atoms with Crippen molar-refractivity contribution in [1.82, 2.24) is 39.3 Å². The molecular formula is C10H8N10O2. The molecule has 6 N–H and O–H groups in total. The van der Waals surface area contributed by atoms with E-state index in [1.54, 1.807) is 0 Å². The maximum atomic E-state index is 12.2. The zero-order chi connectivity index (χ0) is 15.4. The van der Waals surface area contributed by atoms with E-state index in [4.69, 9.17) is 11.5 Å². The minimum atomic E-state index is -0.540. The number of hydrogen-bond donors (Lipinski definition) is 4. The molecule has 12 nitrogen and oxygen atoms in total. The lowest BCUT2D eigenvalue weighted by molar-refractivity contribution is 0.661. The average Bonchev–Trinajstić information content (AvgIpc) is 3.00. The van der Waals surface area contributed by atoms with Crippen molar-refractivity contribution in [2.75, 3.05) is 11.5 Å². The summed E-state index contributed by atoms with van der Waals surface area (Å²) >= 11 is 0. The highest BCUT2D eigenvalue weighted by Crippen LogP contribution is 2.14. The monoisotopic (exact) mass is 300 g/mol. The number of rotatable bonds is 1. The van der Waals surface area contributed by atoms with Crippen LogP contribution in [-0.4, -0.2) is 39.3 Å². The van der Waals surface area contributed by atoms with Crippen LogP contribution in [0.15, 0.2) is 22.2 Å². The first-order valence-electron chi connectivity index (χ1n) is 6.01. The van der Waals surface area contributed by atoms with E-state index in [0.29, 0.717) is 0 Å². The highest BCUT2D eigenvalue weighted by atomic mass is 16.2. The molecule has 4 aromatic heterocycles. The summed E-state index contributed by atoms with van der Waals surface area (Å²) in [7, 11) is 0. The molecule has 4 rings (SSSR count). The van der Waals surface area contributed by atoms with Crippen LogP contribution in [-0.2, 0) is 0 Å². The average molecular weight is 300 g/mol. The molecule has 12 heteroatoms. The van der Waals surface area contributed by atoms with Crippen molar-refractivity contribution >= 4 is 34.1 Å². The molecule has 4 heterocycles. The van der Waals surface area contributed by atoms with Crippen molar-refractivity contribution in [3.8, 4) is 0 Å². The second-order valence-corrected chi connectivity index (χ2v) is 4.41. The molecule has 0 saturated heterocycles. The summed E-state index contributed by atoms with van der Waals surface area (Å²) in [6.07, 6.45) is 2.48. The number of nitrogens with zero attached hydrogens (tertiary/aromatic N) is 6. The van der Waals surface area contributed by atoms with Crippen LogP contribution in [0.5, 0.6) is 0 Å². The van der Waals surface area contributed by atoms with Crippen LogP contribution in [0.2, 0.25) is 0 Å². The molecule has 0 bridgehead atoms. The van der Waals surface area contributed by atoms with Gasteiger partial charge in [0.2, 0.25) is 5.95 Å². The number of nitrogens with two attached hydrogens (primary N) is 2. The molecule has 0 fully saturated rings. The highest BCUT2D eigenvalue weighted by Gasteiger charge is 2.17. The summed E-state index contributed by atoms with van der Waals surface area (Å²) in [5.41, 5.74) is 10.8. The zero-order valence-corrected chi connectivity index (χ0v) is 10.8. The summed E-state index contributed by atoms with van der Waals surface area (Å²) in [5.74, 6) is 0.0249. The minimum absolute atomic E-state index is 0.0393. The molecule has 0 radical (unpaired) electrons. The molecule has 0 saturated carbocycles. The van der Waals surface area contributed by atoms with Gasteiger partial charge in [0.15, 0.2) is 22.6 Å². The van der Waals surface area contributed by atoms with Gasteiger partial charge in [-0.25, -0.2) is 24.4 Å². The number of nitrogen functional groups attached to an aromatic ring is 2. The Morgan fingerprint density at radius 2 is 1.86 bits per heavy atom. The van der Waals surface area contributed by atoms with Crippen molar-refractivity contribution < 1.29 is 0 Å². The van der Waals surface area contributed by atoms with Gasteiger partial charge in [0.1, 0.15) is 18.2 Å². The summed E-state index contributed by atoms with van der Waals surface area (Å²) in [4.78, 5) is 44.6. The van der Waals surface area contributed by atoms with E-state index < -0.39 is 11.2 Å². The van der Waals surface area contributed by atoms with E-state index in [1.807, 2.05) is 0 Å². The Kier molecular flexibility index (Phi) is 2.14. The van der Waals surface area contributed by atoms with Crippen LogP contribution in [0.25, 0.3) is 22.3 Å². The normalized spacial score (nSPS) is 11.5. The van der Waals surface area contributed by atoms with Crippen molar-refractivity contribution in [3.63, 3.8) is 0 Å². The van der Waals surface area contributed by atoms with Crippen molar-refractivity contribution in [3.05, 3.63) is 33.5 Å². The molecule has 0 unspecified atom stereocenters. The number of aromatic amines is 2. The molecule has 0 aromatic carbocycles. The van der Waals surface area contributed by atoms with E-state index in [2.05, 4.69) is 29.9 Å². The molecule has 0 atom stereocenters. The van der Waals surface area contributed by atoms with Crippen LogP contribution in [0.3, 0.4) is 0 Å². The van der Waals surface area contributed by atoms with Crippen molar-refractivity contribution in [1.29, 1.82) is 0 Å². The van der Waals surface area contributed by atoms with E-state index in [1.165, 1.54) is 17.3 Å². The summed E-state index contributed by atoms with van der Waals surface area (Å²) in [6, 6.07) is 0. The second kappa shape index (κ2) is 3.91. The number of H-pyrrole nitrogens is 2. The smallest absolute Gasteiger partial charge is 0.347 e. The van der Waals surface area contributed by atoms with E-state index >= 15 is 0 Å². The summed E-state index contributed by atoms with van der Waals surface area (Å²) in [5, 5.41) is 0. The lowest BCUT2D eigenvalue weighted by atomic mass is 10.5. The number of anilines is 2. The van der Waals surface area contributed by atoms with Gasteiger partial charge < -0.3 is 11.5 Å². The number of aromatic nitrogens is 8. The third-order valence-corrected chi connectivity index (χ3v) is 3.11. The van der Waals surface area contributed by atoms with Crippen molar-refractivity contribution in [2.45, 2.75) is 0 Å². The molecule has 22 heavy (non-hydrogen) atoms. The SMILES string of the molecule is Nc1nc2c(ncn2-n2c(=O)[nH]c3c(N)ncnc32)c(=O)[nH]1. The third kappa shape index (κ3) is 1.45. The van der Waals surface area contributed by atoms with Gasteiger partial charge >= 0.3 is 5.69 Å². The lowest BCUT2D eigenvalue weighted by Crippen LogP contribution is -2.24. The van der Waals surface area contributed by atoms with Crippen LogP contribution >= 0.6 is 0 Å². The van der Waals surface area contributed by atoms with Gasteiger partial charge in [0.05, 0.1) is 0 Å². The zero-order valence-electron chi connectivity index (χ0n) is 10.8. The Morgan fingerprint density at radius 3 is 2.68 bits per heavy atom. The first kappa shape index (κ1) is 12.1. The first-order valence-corrected chi connectivity index (χ1v) is 6.01. The van der Waals surface area contributed by atoms with Crippen LogP contribution in [0.4, 0.5) is 11.8 Å². The van der Waals surface area contributed by atoms with Gasteiger partial charge in [-0.1, -0.05) is 0 Å². The van der Waals surface area contributed by atoms with E-state index in [0.717, 1.165) is 4.68 Å². The Hall–Kier alpha value is -3.70. The van der Waals surface area contributed by atoms with Crippen LogP contribution < -0.4 is 22.7 Å². The molecular weight excluding hydrogens is 292 g/mol. The summed E-state index contributed by atoms with van der Waals surface area (Å²) in [6.45, 7) is 0. The topological polar surface area (TPSA) is 179 Å². The Bertz CT molecular complexity index is 1150. The van der Waals surface area contributed by atoms with Gasteiger partial charge in [-0.15, -0.1) is 0 Å². The van der Waals surface area contributed by atoms with Gasteiger partial charge in [-0.05, 0) is 0 Å². The maximum absolute atomic E-state index is 12.2. The fourth-order valence-electron chi connectivity index (χ4n) is 2.19. The maximum Gasteiger partial charge on any atom is 0.347 e. The number of hydrogen-bond acceptors (Lipinski definition) is 8. The fraction of sp³-hybridized carbons (Fsp3) is 0. The first-order chi connectivity index (χ1) is 10.6. The van der Waals surface area contributed by atoms with Gasteiger partial charge in [-0.3, -0.25) is 14.8 Å². The Balaban J connectivity index is 2.17. The number of nitrogens with one attached hydrogen (secondary N) is 2. The molecule has 0 aliphatic heterocycles. The highest BCUT2D eigenvalue weighted by molar-refractivity contribution is 5.81. The van der Waals surface area contributed by atoms with Crippen molar-refractivity contribution in [2.24, 2.45) is 0 Å². The lowest BCUT2D eigenvalue weighted by Gasteiger charge is -2.04. The third-order valence-electron chi connectivity index (χ3n) is 3.11. The van der Waals surface area contributed by atoms with Crippen LogP contribution in [0.1, 0.15) is 0 Å². The molecule has 4 aromatic rings. The number of fused-ring (bicyclic) bond motifs is 2. The predicted octanol–water partition coefficient (Wildman–Crippen LogP) is -1.97. The standard InChI is InChI=1S/C10H8N10O2/c11-5-3-6(14-1-13-5)20(10(22)16-3)19-2-15-4-7(19)17-9(12)18-8(4)21/h1-2H,(H,16,22)(H2,11,13,14)(H3,12,17,18,21). The summed E-state index contributed by atoms with van der Waals surface area (Å²) < 4.78 is 2.39. The molecule has 0 aliphatic carbocycles. The quantitative estimate of drug-likeness (QED) is 0.312. The van der Waals surface area contributed by atoms with Gasteiger partial charge in [0, 0.05) is 0 Å². The molecule has 0 aliphatic rings. The Morgan fingerprint density at radius 1 is 1.05 bits per heavy atom. The fourth-order valence-corrected chi connectivity index (χ4v) is 2.19. The molecule has 0 amide bonds. The van der Waals surface area contributed by atoms with E-state index in [-0.39, 0.29) is 34.1 Å². The largest absolute Gasteiger partial charge is 0.382 e. The van der Waals surface area contributed by atoms with Gasteiger partial charge in [-0.2, -0.15) is 9.66 Å². The second-order valence-electron chi connectivity index (χ2n) is 4.41. The Labute approximate surface area is 119 Å². The molecule has 110 valence electrons. The van der Waals surface area contributed by atoms with Gasteiger partial charge in [0.25, 0.3) is 5.56 Å². The molecule has 0 spiro atoms.